The molecule has 21 heavy (non-hydrogen) atoms. The highest BCUT2D eigenvalue weighted by atomic mass is 35.5. The molecule has 2 rings (SSSR count). The van der Waals surface area contributed by atoms with Crippen molar-refractivity contribution in [1.29, 1.82) is 0 Å². The summed E-state index contributed by atoms with van der Waals surface area (Å²) in [6, 6.07) is 7.17. The maximum Gasteiger partial charge on any atom is 0.233 e. The van der Waals surface area contributed by atoms with Gasteiger partial charge in [-0.05, 0) is 23.6 Å². The van der Waals surface area contributed by atoms with Gasteiger partial charge in [0.15, 0.2) is 0 Å². The summed E-state index contributed by atoms with van der Waals surface area (Å²) < 4.78 is 28.1. The minimum atomic E-state index is -3.37. The van der Waals surface area contributed by atoms with Gasteiger partial charge in [-0.25, -0.2) is 18.1 Å². The lowest BCUT2D eigenvalue weighted by atomic mass is 10.2. The summed E-state index contributed by atoms with van der Waals surface area (Å²) in [6.45, 7) is 2.39. The minimum absolute atomic E-state index is 0.0111. The largest absolute Gasteiger partial charge is 0.284 e. The van der Waals surface area contributed by atoms with E-state index in [0.29, 0.717) is 18.1 Å². The minimum Gasteiger partial charge on any atom is -0.284 e. The number of aromatic nitrogens is 3. The number of rotatable bonds is 7. The van der Waals surface area contributed by atoms with Crippen LogP contribution in [0.15, 0.2) is 36.9 Å². The molecule has 1 aromatic carbocycles. The van der Waals surface area contributed by atoms with Crippen molar-refractivity contribution in [2.45, 2.75) is 13.5 Å². The second-order valence-corrected chi connectivity index (χ2v) is 7.01. The van der Waals surface area contributed by atoms with Gasteiger partial charge < -0.3 is 0 Å². The molecule has 0 spiro atoms. The smallest absolute Gasteiger partial charge is 0.233 e. The van der Waals surface area contributed by atoms with Crippen LogP contribution in [0.1, 0.15) is 12.5 Å². The number of hydrogen-bond donors (Lipinski definition) is 1. The third-order valence-electron chi connectivity index (χ3n) is 2.81. The summed E-state index contributed by atoms with van der Waals surface area (Å²) >= 11 is 5.64. The summed E-state index contributed by atoms with van der Waals surface area (Å²) in [5.74, 6) is 0.241. The Kier molecular flexibility index (Phi) is 5.19. The van der Waals surface area contributed by atoms with E-state index in [1.54, 1.807) is 30.1 Å². The first kappa shape index (κ1) is 15.8. The van der Waals surface area contributed by atoms with E-state index in [4.69, 9.17) is 11.6 Å². The van der Waals surface area contributed by atoms with Crippen molar-refractivity contribution < 1.29 is 8.42 Å². The highest BCUT2D eigenvalue weighted by molar-refractivity contribution is 7.92. The van der Waals surface area contributed by atoms with Crippen LogP contribution < -0.4 is 4.72 Å². The lowest BCUT2D eigenvalue weighted by Gasteiger charge is -2.11. The van der Waals surface area contributed by atoms with Crippen LogP contribution in [-0.2, 0) is 16.6 Å². The standard InChI is InChI=1S/C13H17ClN4O2S/c1-11(6-14)8-21(19,20)17-13-4-2-12(3-5-13)7-18-10-15-9-16-18/h2-5,9-11,17H,6-8H2,1H3. The summed E-state index contributed by atoms with van der Waals surface area (Å²) in [7, 11) is -3.37. The summed E-state index contributed by atoms with van der Waals surface area (Å²) in [4.78, 5) is 3.87. The average molecular weight is 329 g/mol. The van der Waals surface area contributed by atoms with Gasteiger partial charge in [0, 0.05) is 11.6 Å². The Hall–Kier alpha value is -1.60. The summed E-state index contributed by atoms with van der Waals surface area (Å²) in [5, 5.41) is 4.02. The normalized spacial score (nSPS) is 13.0. The molecule has 0 fully saturated rings. The van der Waals surface area contributed by atoms with Crippen molar-refractivity contribution in [3.8, 4) is 0 Å². The van der Waals surface area contributed by atoms with Crippen LogP contribution in [0.3, 0.4) is 0 Å². The Morgan fingerprint density at radius 2 is 2.05 bits per heavy atom. The second kappa shape index (κ2) is 6.91. The number of nitrogens with one attached hydrogen (secondary N) is 1. The van der Waals surface area contributed by atoms with Gasteiger partial charge in [-0.2, -0.15) is 5.10 Å². The topological polar surface area (TPSA) is 76.9 Å². The Balaban J connectivity index is 1.99. The number of alkyl halides is 1. The van der Waals surface area contributed by atoms with E-state index in [-0.39, 0.29) is 11.7 Å². The van der Waals surface area contributed by atoms with Crippen LogP contribution in [0.5, 0.6) is 0 Å². The van der Waals surface area contributed by atoms with Gasteiger partial charge in [0.1, 0.15) is 12.7 Å². The van der Waals surface area contributed by atoms with Crippen LogP contribution >= 0.6 is 11.6 Å². The molecule has 0 amide bonds. The van der Waals surface area contributed by atoms with E-state index in [9.17, 15) is 8.42 Å². The molecule has 6 nitrogen and oxygen atoms in total. The third-order valence-corrected chi connectivity index (χ3v) is 4.89. The molecule has 1 unspecified atom stereocenters. The van der Waals surface area contributed by atoms with E-state index < -0.39 is 10.0 Å². The van der Waals surface area contributed by atoms with Crippen LogP contribution in [0.2, 0.25) is 0 Å². The molecule has 8 heteroatoms. The van der Waals surface area contributed by atoms with E-state index >= 15 is 0 Å². The molecule has 1 heterocycles. The Morgan fingerprint density at radius 3 is 2.62 bits per heavy atom. The monoisotopic (exact) mass is 328 g/mol. The fourth-order valence-corrected chi connectivity index (χ4v) is 3.50. The van der Waals surface area contributed by atoms with Crippen molar-refractivity contribution >= 4 is 27.3 Å². The van der Waals surface area contributed by atoms with Crippen LogP contribution in [0.4, 0.5) is 5.69 Å². The first-order chi connectivity index (χ1) is 9.98. The number of nitrogens with zero attached hydrogens (tertiary/aromatic N) is 3. The second-order valence-electron chi connectivity index (χ2n) is 4.93. The number of sulfonamides is 1. The van der Waals surface area contributed by atoms with Crippen molar-refractivity contribution in [2.24, 2.45) is 5.92 Å². The average Bonchev–Trinajstić information content (AvgIpc) is 2.93. The fourth-order valence-electron chi connectivity index (χ4n) is 1.82. The van der Waals surface area contributed by atoms with Crippen molar-refractivity contribution in [3.05, 3.63) is 42.5 Å². The SMILES string of the molecule is CC(CCl)CS(=O)(=O)Nc1ccc(Cn2cncn2)cc1. The molecule has 0 saturated carbocycles. The Labute approximate surface area is 129 Å². The molecular weight excluding hydrogens is 312 g/mol. The van der Waals surface area contributed by atoms with Crippen molar-refractivity contribution in [1.82, 2.24) is 14.8 Å². The van der Waals surface area contributed by atoms with E-state index in [1.165, 1.54) is 6.33 Å². The lowest BCUT2D eigenvalue weighted by molar-refractivity contribution is 0.588. The fraction of sp³-hybridized carbons (Fsp3) is 0.385. The molecule has 114 valence electrons. The van der Waals surface area contributed by atoms with Crippen LogP contribution in [-0.4, -0.2) is 34.8 Å². The molecule has 1 atom stereocenters. The Morgan fingerprint density at radius 1 is 1.33 bits per heavy atom. The lowest BCUT2D eigenvalue weighted by Crippen LogP contribution is -2.22. The van der Waals surface area contributed by atoms with Gasteiger partial charge in [-0.15, -0.1) is 11.6 Å². The molecule has 1 aromatic heterocycles. The molecular formula is C13H17ClN4O2S. The summed E-state index contributed by atoms with van der Waals surface area (Å²) in [5.41, 5.74) is 1.55. The zero-order valence-electron chi connectivity index (χ0n) is 11.6. The maximum atomic E-state index is 11.9. The third kappa shape index (κ3) is 5.02. The first-order valence-electron chi connectivity index (χ1n) is 6.46. The van der Waals surface area contributed by atoms with Crippen molar-refractivity contribution in [2.75, 3.05) is 16.4 Å². The van der Waals surface area contributed by atoms with Gasteiger partial charge >= 0.3 is 0 Å². The zero-order chi connectivity index (χ0) is 15.3. The molecule has 0 aliphatic rings. The first-order valence-corrected chi connectivity index (χ1v) is 8.65. The quantitative estimate of drug-likeness (QED) is 0.788. The maximum absolute atomic E-state index is 11.9. The van der Waals surface area contributed by atoms with Gasteiger partial charge in [-0.1, -0.05) is 19.1 Å². The molecule has 0 aliphatic carbocycles. The van der Waals surface area contributed by atoms with E-state index in [0.717, 1.165) is 5.56 Å². The summed E-state index contributed by atoms with van der Waals surface area (Å²) in [6.07, 6.45) is 3.10. The van der Waals surface area contributed by atoms with Gasteiger partial charge in [-0.3, -0.25) is 4.72 Å². The molecule has 1 N–H and O–H groups in total. The highest BCUT2D eigenvalue weighted by Crippen LogP contribution is 2.14. The van der Waals surface area contributed by atoms with Crippen molar-refractivity contribution in [3.63, 3.8) is 0 Å². The number of benzene rings is 1. The molecule has 0 bridgehead atoms. The van der Waals surface area contributed by atoms with Gasteiger partial charge in [0.05, 0.1) is 12.3 Å². The molecule has 2 aromatic rings. The number of hydrogen-bond acceptors (Lipinski definition) is 4. The molecule has 0 radical (unpaired) electrons. The number of halogens is 1. The van der Waals surface area contributed by atoms with E-state index in [1.807, 2.05) is 12.1 Å². The van der Waals surface area contributed by atoms with Gasteiger partial charge in [0.2, 0.25) is 10.0 Å². The molecule has 0 aliphatic heterocycles. The predicted octanol–water partition coefficient (Wildman–Crippen LogP) is 1.94. The predicted molar refractivity (Wildman–Crippen MR) is 82.9 cm³/mol. The molecule has 0 saturated heterocycles. The van der Waals surface area contributed by atoms with Crippen LogP contribution in [0, 0.1) is 5.92 Å². The van der Waals surface area contributed by atoms with E-state index in [2.05, 4.69) is 14.8 Å². The number of anilines is 1. The Bertz CT molecular complexity index is 656. The zero-order valence-corrected chi connectivity index (χ0v) is 13.2. The van der Waals surface area contributed by atoms with Gasteiger partial charge in [0.25, 0.3) is 0 Å². The highest BCUT2D eigenvalue weighted by Gasteiger charge is 2.15. The van der Waals surface area contributed by atoms with Crippen LogP contribution in [0.25, 0.3) is 0 Å².